The Bertz CT molecular complexity index is 393. The van der Waals surface area contributed by atoms with Crippen LogP contribution in [-0.4, -0.2) is 61.2 Å². The van der Waals surface area contributed by atoms with Crippen molar-refractivity contribution in [3.63, 3.8) is 0 Å². The van der Waals surface area contributed by atoms with Gasteiger partial charge in [0.15, 0.2) is 0 Å². The summed E-state index contributed by atoms with van der Waals surface area (Å²) in [7, 11) is -3.31. The molecule has 1 unspecified atom stereocenters. The number of alkyl halides is 1. The summed E-state index contributed by atoms with van der Waals surface area (Å²) in [4.78, 5) is 0.376. The lowest BCUT2D eigenvalue weighted by atomic mass is 9.85. The molecule has 2 rings (SSSR count). The molecule has 0 aromatic heterocycles. The van der Waals surface area contributed by atoms with Crippen molar-refractivity contribution in [1.82, 2.24) is 8.61 Å². The minimum Gasteiger partial charge on any atom is -0.379 e. The number of morpholine rings is 1. The predicted molar refractivity (Wildman–Crippen MR) is 74.0 cm³/mol. The number of rotatable bonds is 2. The number of hydrogen-bond acceptors (Lipinski definition) is 3. The Labute approximate surface area is 118 Å². The first-order valence-corrected chi connectivity index (χ1v) is 8.62. The molecule has 106 valence electrons. The molecule has 2 fully saturated rings. The van der Waals surface area contributed by atoms with E-state index in [0.717, 1.165) is 6.42 Å². The molecule has 0 aliphatic carbocycles. The van der Waals surface area contributed by atoms with E-state index in [1.165, 1.54) is 0 Å². The lowest BCUT2D eigenvalue weighted by molar-refractivity contribution is 0.0680. The molecule has 0 spiro atoms. The average Bonchev–Trinajstić information content (AvgIpc) is 2.33. The third-order valence-electron chi connectivity index (χ3n) is 3.69. The van der Waals surface area contributed by atoms with Crippen molar-refractivity contribution in [1.29, 1.82) is 0 Å². The van der Waals surface area contributed by atoms with E-state index in [1.807, 2.05) is 0 Å². The van der Waals surface area contributed by atoms with Crippen molar-refractivity contribution in [3.05, 3.63) is 0 Å². The van der Waals surface area contributed by atoms with Gasteiger partial charge in [-0.3, -0.25) is 0 Å². The number of nitrogens with zero attached hydrogens (tertiary/aromatic N) is 2. The highest BCUT2D eigenvalue weighted by Crippen LogP contribution is 2.36. The summed E-state index contributed by atoms with van der Waals surface area (Å²) in [5.41, 5.74) is -0.0302. The molecule has 2 saturated heterocycles. The van der Waals surface area contributed by atoms with Gasteiger partial charge in [-0.25, -0.2) is 0 Å². The van der Waals surface area contributed by atoms with Crippen LogP contribution >= 0.6 is 15.9 Å². The molecule has 0 saturated carbocycles. The van der Waals surface area contributed by atoms with Gasteiger partial charge in [0.1, 0.15) is 0 Å². The molecule has 1 atom stereocenters. The van der Waals surface area contributed by atoms with Crippen LogP contribution in [0.5, 0.6) is 0 Å². The van der Waals surface area contributed by atoms with Crippen molar-refractivity contribution in [2.24, 2.45) is 5.41 Å². The second kappa shape index (κ2) is 5.36. The van der Waals surface area contributed by atoms with Crippen LogP contribution in [0.4, 0.5) is 0 Å². The van der Waals surface area contributed by atoms with Crippen LogP contribution in [0.25, 0.3) is 0 Å². The van der Waals surface area contributed by atoms with Crippen LogP contribution in [-0.2, 0) is 14.9 Å². The fraction of sp³-hybridized carbons (Fsp3) is 1.00. The Kier molecular flexibility index (Phi) is 4.38. The van der Waals surface area contributed by atoms with E-state index >= 15 is 0 Å². The molecule has 0 amide bonds. The lowest BCUT2D eigenvalue weighted by Gasteiger charge is -2.43. The molecular weight excluding hydrogens is 320 g/mol. The van der Waals surface area contributed by atoms with E-state index in [1.54, 1.807) is 8.61 Å². The summed E-state index contributed by atoms with van der Waals surface area (Å²) in [5, 5.41) is 0. The van der Waals surface area contributed by atoms with Gasteiger partial charge in [-0.1, -0.05) is 29.8 Å². The van der Waals surface area contributed by atoms with Gasteiger partial charge in [0.05, 0.1) is 13.2 Å². The van der Waals surface area contributed by atoms with Crippen molar-refractivity contribution in [3.8, 4) is 0 Å². The second-order valence-electron chi connectivity index (χ2n) is 5.60. The molecule has 0 aromatic rings. The third kappa shape index (κ3) is 2.90. The van der Waals surface area contributed by atoms with E-state index < -0.39 is 10.2 Å². The standard InChI is InChI=1S/C11H21BrN2O3S/c1-11(2)9-14(4-3-10(11)12)18(15,16)13-5-7-17-8-6-13/h10H,3-9H2,1-2H3. The van der Waals surface area contributed by atoms with Crippen LogP contribution in [0.3, 0.4) is 0 Å². The van der Waals surface area contributed by atoms with Crippen LogP contribution < -0.4 is 0 Å². The summed E-state index contributed by atoms with van der Waals surface area (Å²) >= 11 is 3.64. The number of piperidine rings is 1. The average molecular weight is 341 g/mol. The molecule has 0 N–H and O–H groups in total. The van der Waals surface area contributed by atoms with Gasteiger partial charge >= 0.3 is 0 Å². The molecule has 2 aliphatic heterocycles. The van der Waals surface area contributed by atoms with Crippen molar-refractivity contribution >= 4 is 26.1 Å². The summed E-state index contributed by atoms with van der Waals surface area (Å²) in [6.07, 6.45) is 0.858. The van der Waals surface area contributed by atoms with Crippen molar-refractivity contribution in [2.45, 2.75) is 25.1 Å². The summed E-state index contributed by atoms with van der Waals surface area (Å²) in [6, 6.07) is 0. The first-order valence-electron chi connectivity index (χ1n) is 6.31. The summed E-state index contributed by atoms with van der Waals surface area (Å²) in [5.74, 6) is 0. The zero-order valence-electron chi connectivity index (χ0n) is 10.9. The Hall–Kier alpha value is 0.310. The fourth-order valence-corrected chi connectivity index (χ4v) is 4.54. The minimum atomic E-state index is -3.31. The topological polar surface area (TPSA) is 49.9 Å². The van der Waals surface area contributed by atoms with Crippen LogP contribution in [0.2, 0.25) is 0 Å². The first kappa shape index (κ1) is 14.7. The number of halogens is 1. The molecule has 5 nitrogen and oxygen atoms in total. The summed E-state index contributed by atoms with van der Waals surface area (Å²) < 4.78 is 33.4. The van der Waals surface area contributed by atoms with E-state index in [9.17, 15) is 8.42 Å². The highest BCUT2D eigenvalue weighted by molar-refractivity contribution is 9.09. The highest BCUT2D eigenvalue weighted by atomic mass is 79.9. The molecule has 0 radical (unpaired) electrons. The maximum Gasteiger partial charge on any atom is 0.282 e. The van der Waals surface area contributed by atoms with Gasteiger partial charge in [0, 0.05) is 31.0 Å². The van der Waals surface area contributed by atoms with Gasteiger partial charge in [-0.05, 0) is 11.8 Å². The van der Waals surface area contributed by atoms with Crippen LogP contribution in [0, 0.1) is 5.41 Å². The molecule has 7 heteroatoms. The van der Waals surface area contributed by atoms with Gasteiger partial charge < -0.3 is 4.74 Å². The van der Waals surface area contributed by atoms with Gasteiger partial charge in [-0.15, -0.1) is 0 Å². The van der Waals surface area contributed by atoms with Gasteiger partial charge in [-0.2, -0.15) is 17.0 Å². The fourth-order valence-electron chi connectivity index (χ4n) is 2.42. The van der Waals surface area contributed by atoms with Crippen LogP contribution in [0.1, 0.15) is 20.3 Å². The van der Waals surface area contributed by atoms with E-state index in [4.69, 9.17) is 4.74 Å². The molecular formula is C11H21BrN2O3S. The maximum absolute atomic E-state index is 12.5. The minimum absolute atomic E-state index is 0.0302. The first-order chi connectivity index (χ1) is 8.34. The molecule has 2 aliphatic rings. The normalized spacial score (nSPS) is 31.4. The molecule has 2 heterocycles. The predicted octanol–water partition coefficient (Wildman–Crippen LogP) is 1.06. The molecule has 0 bridgehead atoms. The zero-order valence-corrected chi connectivity index (χ0v) is 13.3. The SMILES string of the molecule is CC1(C)CN(S(=O)(=O)N2CCOCC2)CCC1Br. The van der Waals surface area contributed by atoms with Gasteiger partial charge in [0.2, 0.25) is 0 Å². The van der Waals surface area contributed by atoms with E-state index in [0.29, 0.717) is 44.2 Å². The van der Waals surface area contributed by atoms with Crippen LogP contribution in [0.15, 0.2) is 0 Å². The van der Waals surface area contributed by atoms with E-state index in [-0.39, 0.29) is 5.41 Å². The number of hydrogen-bond donors (Lipinski definition) is 0. The number of ether oxygens (including phenoxy) is 1. The Morgan fingerprint density at radius 1 is 1.17 bits per heavy atom. The third-order valence-corrected chi connectivity index (χ3v) is 7.37. The second-order valence-corrected chi connectivity index (χ2v) is 8.63. The molecule has 18 heavy (non-hydrogen) atoms. The Balaban J connectivity index is 2.10. The smallest absolute Gasteiger partial charge is 0.282 e. The Morgan fingerprint density at radius 3 is 2.33 bits per heavy atom. The van der Waals surface area contributed by atoms with E-state index in [2.05, 4.69) is 29.8 Å². The summed E-state index contributed by atoms with van der Waals surface area (Å²) in [6.45, 7) is 7.31. The van der Waals surface area contributed by atoms with Gasteiger partial charge in [0.25, 0.3) is 10.2 Å². The molecule has 0 aromatic carbocycles. The highest BCUT2D eigenvalue weighted by Gasteiger charge is 2.41. The Morgan fingerprint density at radius 2 is 1.78 bits per heavy atom. The van der Waals surface area contributed by atoms with Crippen molar-refractivity contribution < 1.29 is 13.2 Å². The largest absolute Gasteiger partial charge is 0.379 e. The lowest BCUT2D eigenvalue weighted by Crippen LogP contribution is -2.55. The van der Waals surface area contributed by atoms with Crippen molar-refractivity contribution in [2.75, 3.05) is 39.4 Å². The zero-order chi connectivity index (χ0) is 13.4. The maximum atomic E-state index is 12.5. The quantitative estimate of drug-likeness (QED) is 0.706. The monoisotopic (exact) mass is 340 g/mol.